The number of rotatable bonds is 7. The van der Waals surface area contributed by atoms with E-state index in [4.69, 9.17) is 0 Å². The van der Waals surface area contributed by atoms with Gasteiger partial charge >= 0.3 is 0 Å². The normalized spacial score (nSPS) is 15.7. The van der Waals surface area contributed by atoms with Crippen LogP contribution in [0.5, 0.6) is 0 Å². The van der Waals surface area contributed by atoms with E-state index in [1.807, 2.05) is 30.3 Å². The molecule has 3 amide bonds. The highest BCUT2D eigenvalue weighted by Crippen LogP contribution is 2.31. The van der Waals surface area contributed by atoms with Crippen molar-refractivity contribution < 1.29 is 22.8 Å². The van der Waals surface area contributed by atoms with Crippen LogP contribution in [-0.4, -0.2) is 61.9 Å². The minimum Gasteiger partial charge on any atom is -0.350 e. The zero-order valence-corrected chi connectivity index (χ0v) is 18.6. The van der Waals surface area contributed by atoms with E-state index >= 15 is 0 Å². The highest BCUT2D eigenvalue weighted by molar-refractivity contribution is 8.18. The van der Waals surface area contributed by atoms with Gasteiger partial charge in [0.15, 0.2) is 0 Å². The Morgan fingerprint density at radius 1 is 1.06 bits per heavy atom. The third kappa shape index (κ3) is 5.22. The predicted molar refractivity (Wildman–Crippen MR) is 119 cm³/mol. The molecule has 1 heterocycles. The van der Waals surface area contributed by atoms with Gasteiger partial charge in [0.2, 0.25) is 10.0 Å². The summed E-state index contributed by atoms with van der Waals surface area (Å²) >= 11 is 0.863. The van der Waals surface area contributed by atoms with E-state index in [0.717, 1.165) is 26.5 Å². The quantitative estimate of drug-likeness (QED) is 0.638. The Hall–Kier alpha value is -2.95. The van der Waals surface area contributed by atoms with Crippen LogP contribution in [0.2, 0.25) is 0 Å². The lowest BCUT2D eigenvalue weighted by atomic mass is 10.2. The van der Waals surface area contributed by atoms with Gasteiger partial charge in [-0.15, -0.1) is 0 Å². The maximum atomic E-state index is 12.5. The Morgan fingerprint density at radius 2 is 1.71 bits per heavy atom. The van der Waals surface area contributed by atoms with Crippen LogP contribution in [0.1, 0.15) is 15.9 Å². The third-order valence-electron chi connectivity index (χ3n) is 4.49. The summed E-state index contributed by atoms with van der Waals surface area (Å²) in [6.07, 6.45) is 1.66. The van der Waals surface area contributed by atoms with E-state index in [-0.39, 0.29) is 28.8 Å². The van der Waals surface area contributed by atoms with Gasteiger partial charge in [0.25, 0.3) is 17.1 Å². The Morgan fingerprint density at radius 3 is 2.32 bits per heavy atom. The summed E-state index contributed by atoms with van der Waals surface area (Å²) in [5.41, 5.74) is 1.09. The van der Waals surface area contributed by atoms with Crippen molar-refractivity contribution in [2.45, 2.75) is 4.90 Å². The average molecular weight is 460 g/mol. The molecule has 162 valence electrons. The summed E-state index contributed by atoms with van der Waals surface area (Å²) in [4.78, 5) is 38.5. The van der Waals surface area contributed by atoms with Crippen LogP contribution in [0.4, 0.5) is 4.79 Å². The lowest BCUT2D eigenvalue weighted by molar-refractivity contribution is -0.122. The molecule has 10 heteroatoms. The lowest BCUT2D eigenvalue weighted by Crippen LogP contribution is -2.37. The van der Waals surface area contributed by atoms with Gasteiger partial charge in [-0.05, 0) is 47.7 Å². The topological polar surface area (TPSA) is 104 Å². The van der Waals surface area contributed by atoms with Gasteiger partial charge in [-0.1, -0.05) is 30.3 Å². The molecule has 2 aromatic rings. The number of sulfonamides is 1. The zero-order chi connectivity index (χ0) is 22.6. The molecule has 0 bridgehead atoms. The molecule has 1 aliphatic heterocycles. The Bertz CT molecular complexity index is 1130. The van der Waals surface area contributed by atoms with Gasteiger partial charge in [-0.2, -0.15) is 0 Å². The van der Waals surface area contributed by atoms with Gasteiger partial charge in [-0.25, -0.2) is 12.7 Å². The number of imide groups is 1. The largest absolute Gasteiger partial charge is 0.350 e. The van der Waals surface area contributed by atoms with E-state index in [1.54, 1.807) is 6.08 Å². The minimum absolute atomic E-state index is 0.0373. The van der Waals surface area contributed by atoms with Crippen LogP contribution in [0, 0.1) is 0 Å². The van der Waals surface area contributed by atoms with Crippen molar-refractivity contribution in [2.24, 2.45) is 0 Å². The molecular weight excluding hydrogens is 438 g/mol. The van der Waals surface area contributed by atoms with E-state index < -0.39 is 21.8 Å². The van der Waals surface area contributed by atoms with Crippen molar-refractivity contribution in [2.75, 3.05) is 27.2 Å². The SMILES string of the molecule is CN(C)S(=O)(=O)c1ccc(C(=O)NCCN2C(=O)SC(=Cc3ccccc3)C2=O)cc1. The Labute approximate surface area is 185 Å². The molecule has 1 fully saturated rings. The number of amides is 3. The number of hydrogen-bond donors (Lipinski definition) is 1. The molecule has 1 aliphatic rings. The third-order valence-corrected chi connectivity index (χ3v) is 7.22. The summed E-state index contributed by atoms with van der Waals surface area (Å²) in [5, 5.41) is 2.25. The van der Waals surface area contributed by atoms with Crippen molar-refractivity contribution in [3.05, 3.63) is 70.6 Å². The van der Waals surface area contributed by atoms with Crippen LogP contribution in [0.15, 0.2) is 64.4 Å². The van der Waals surface area contributed by atoms with E-state index in [9.17, 15) is 22.8 Å². The van der Waals surface area contributed by atoms with Crippen molar-refractivity contribution in [1.82, 2.24) is 14.5 Å². The molecule has 1 saturated heterocycles. The monoisotopic (exact) mass is 459 g/mol. The summed E-state index contributed by atoms with van der Waals surface area (Å²) < 4.78 is 25.3. The number of benzene rings is 2. The number of carbonyl (C=O) groups excluding carboxylic acids is 3. The molecule has 0 spiro atoms. The number of nitrogens with one attached hydrogen (secondary N) is 1. The van der Waals surface area contributed by atoms with Gasteiger partial charge in [-0.3, -0.25) is 19.3 Å². The predicted octanol–water partition coefficient (Wildman–Crippen LogP) is 2.40. The lowest BCUT2D eigenvalue weighted by Gasteiger charge is -2.13. The summed E-state index contributed by atoms with van der Waals surface area (Å²) in [6, 6.07) is 14.8. The molecule has 1 N–H and O–H groups in total. The summed E-state index contributed by atoms with van der Waals surface area (Å²) in [5.74, 6) is -0.827. The van der Waals surface area contributed by atoms with Crippen LogP contribution >= 0.6 is 11.8 Å². The molecule has 2 aromatic carbocycles. The molecule has 0 atom stereocenters. The summed E-state index contributed by atoms with van der Waals surface area (Å²) in [7, 11) is -0.723. The second-order valence-electron chi connectivity index (χ2n) is 6.81. The Balaban J connectivity index is 1.57. The molecule has 0 radical (unpaired) electrons. The molecule has 0 saturated carbocycles. The first-order chi connectivity index (χ1) is 14.7. The van der Waals surface area contributed by atoms with E-state index in [0.29, 0.717) is 4.91 Å². The number of carbonyl (C=O) groups is 3. The van der Waals surface area contributed by atoms with Crippen LogP contribution in [0.25, 0.3) is 6.08 Å². The van der Waals surface area contributed by atoms with Crippen molar-refractivity contribution in [3.63, 3.8) is 0 Å². The smallest absolute Gasteiger partial charge is 0.293 e. The average Bonchev–Trinajstić information content (AvgIpc) is 3.01. The number of nitrogens with zero attached hydrogens (tertiary/aromatic N) is 2. The van der Waals surface area contributed by atoms with Gasteiger partial charge in [0.05, 0.1) is 9.80 Å². The number of thioether (sulfide) groups is 1. The molecule has 0 unspecified atom stereocenters. The molecule has 31 heavy (non-hydrogen) atoms. The summed E-state index contributed by atoms with van der Waals surface area (Å²) in [6.45, 7) is 0.114. The van der Waals surface area contributed by atoms with Crippen molar-refractivity contribution >= 4 is 44.9 Å². The van der Waals surface area contributed by atoms with Crippen LogP contribution in [0.3, 0.4) is 0 Å². The van der Waals surface area contributed by atoms with Crippen LogP contribution in [-0.2, 0) is 14.8 Å². The fourth-order valence-electron chi connectivity index (χ4n) is 2.77. The van der Waals surface area contributed by atoms with E-state index in [1.165, 1.54) is 38.4 Å². The molecule has 0 aliphatic carbocycles. The molecule has 3 rings (SSSR count). The minimum atomic E-state index is -3.58. The van der Waals surface area contributed by atoms with Crippen LogP contribution < -0.4 is 5.32 Å². The standard InChI is InChI=1S/C21H21N3O5S2/c1-23(2)31(28,29)17-10-8-16(9-11-17)19(25)22-12-13-24-20(26)18(30-21(24)27)14-15-6-4-3-5-7-15/h3-11,14H,12-13H2,1-2H3,(H,22,25). The van der Waals surface area contributed by atoms with Crippen molar-refractivity contribution in [3.8, 4) is 0 Å². The fraction of sp³-hybridized carbons (Fsp3) is 0.190. The maximum Gasteiger partial charge on any atom is 0.293 e. The first kappa shape index (κ1) is 22.7. The highest BCUT2D eigenvalue weighted by atomic mass is 32.2. The molecule has 0 aromatic heterocycles. The van der Waals surface area contributed by atoms with Gasteiger partial charge in [0.1, 0.15) is 0 Å². The maximum absolute atomic E-state index is 12.5. The second-order valence-corrected chi connectivity index (χ2v) is 9.96. The van der Waals surface area contributed by atoms with Gasteiger partial charge < -0.3 is 5.32 Å². The molecule has 8 nitrogen and oxygen atoms in total. The van der Waals surface area contributed by atoms with Gasteiger partial charge in [0, 0.05) is 32.7 Å². The zero-order valence-electron chi connectivity index (χ0n) is 16.9. The van der Waals surface area contributed by atoms with E-state index in [2.05, 4.69) is 5.32 Å². The molecular formula is C21H21N3O5S2. The first-order valence-electron chi connectivity index (χ1n) is 9.31. The highest BCUT2D eigenvalue weighted by Gasteiger charge is 2.34. The Kier molecular flexibility index (Phi) is 6.94. The first-order valence-corrected chi connectivity index (χ1v) is 11.6. The van der Waals surface area contributed by atoms with Crippen molar-refractivity contribution in [1.29, 1.82) is 0 Å². The fourth-order valence-corrected chi connectivity index (χ4v) is 4.53. The second kappa shape index (κ2) is 9.46. The number of hydrogen-bond acceptors (Lipinski definition) is 6.